The third-order valence-corrected chi connectivity index (χ3v) is 6.41. The van der Waals surface area contributed by atoms with E-state index in [1.165, 1.54) is 0 Å². The highest BCUT2D eigenvalue weighted by molar-refractivity contribution is 9.10. The lowest BCUT2D eigenvalue weighted by Crippen LogP contribution is -2.33. The summed E-state index contributed by atoms with van der Waals surface area (Å²) in [5.74, 6) is 1.35. The normalized spacial score (nSPS) is 16.6. The molecule has 0 fully saturated rings. The van der Waals surface area contributed by atoms with Crippen molar-refractivity contribution in [1.82, 2.24) is 0 Å². The van der Waals surface area contributed by atoms with Gasteiger partial charge in [-0.25, -0.2) is 0 Å². The Bertz CT molecular complexity index is 812. The topological polar surface area (TPSA) is 38.8 Å². The van der Waals surface area contributed by atoms with Crippen LogP contribution in [0.15, 0.2) is 45.8 Å². The average Bonchev–Trinajstić information content (AvgIpc) is 2.81. The number of rotatable bonds is 4. The van der Waals surface area contributed by atoms with Crippen LogP contribution in [0.1, 0.15) is 18.9 Å². The molecule has 138 valence electrons. The predicted molar refractivity (Wildman–Crippen MR) is 110 cm³/mol. The maximum absolute atomic E-state index is 13.1. The minimum absolute atomic E-state index is 0.0834. The molecule has 2 aromatic rings. The summed E-state index contributed by atoms with van der Waals surface area (Å²) in [5.41, 5.74) is 1.89. The van der Waals surface area contributed by atoms with Crippen LogP contribution in [0.5, 0.6) is 11.5 Å². The lowest BCUT2D eigenvalue weighted by Gasteiger charge is -2.23. The number of benzene rings is 2. The Hall–Kier alpha value is -1.66. The number of nitrogens with zero attached hydrogens (tertiary/aromatic N) is 1. The number of para-hydroxylation sites is 1. The first-order chi connectivity index (χ1) is 12.5. The van der Waals surface area contributed by atoms with Gasteiger partial charge in [-0.3, -0.25) is 4.79 Å². The summed E-state index contributed by atoms with van der Waals surface area (Å²) in [6, 6.07) is 11.8. The Morgan fingerprint density at radius 1 is 1.23 bits per heavy atom. The van der Waals surface area contributed by atoms with Gasteiger partial charge in [0.2, 0.25) is 5.91 Å². The fraction of sp³-hybridized carbons (Fsp3) is 0.350. The van der Waals surface area contributed by atoms with Crippen LogP contribution < -0.4 is 14.4 Å². The second kappa shape index (κ2) is 8.35. The Kier molecular flexibility index (Phi) is 6.14. The first kappa shape index (κ1) is 19.1. The molecule has 1 unspecified atom stereocenters. The van der Waals surface area contributed by atoms with Crippen molar-refractivity contribution in [3.8, 4) is 11.5 Å². The van der Waals surface area contributed by atoms with Crippen LogP contribution in [-0.4, -0.2) is 31.9 Å². The Morgan fingerprint density at radius 3 is 2.65 bits per heavy atom. The van der Waals surface area contributed by atoms with E-state index in [1.807, 2.05) is 47.0 Å². The molecular weight excluding hydrogens is 414 g/mol. The van der Waals surface area contributed by atoms with Crippen LogP contribution in [0.4, 0.5) is 5.69 Å². The summed E-state index contributed by atoms with van der Waals surface area (Å²) in [6.07, 6.45) is 1.27. The molecule has 0 N–H and O–H groups in total. The van der Waals surface area contributed by atoms with Gasteiger partial charge in [0, 0.05) is 21.2 Å². The third-order valence-electron chi connectivity index (χ3n) is 4.44. The van der Waals surface area contributed by atoms with Crippen LogP contribution in [0, 0.1) is 0 Å². The van der Waals surface area contributed by atoms with Crippen molar-refractivity contribution in [2.75, 3.05) is 25.7 Å². The summed E-state index contributed by atoms with van der Waals surface area (Å²) >= 11 is 5.38. The van der Waals surface area contributed by atoms with Crippen molar-refractivity contribution in [1.29, 1.82) is 0 Å². The minimum atomic E-state index is 0.0834. The van der Waals surface area contributed by atoms with E-state index in [0.29, 0.717) is 23.2 Å². The average molecular weight is 436 g/mol. The molecule has 0 spiro atoms. The number of methoxy groups -OCH3 is 2. The van der Waals surface area contributed by atoms with Gasteiger partial charge < -0.3 is 14.4 Å². The van der Waals surface area contributed by atoms with E-state index in [4.69, 9.17) is 9.47 Å². The molecule has 1 atom stereocenters. The van der Waals surface area contributed by atoms with Crippen molar-refractivity contribution < 1.29 is 14.3 Å². The number of hydrogen-bond donors (Lipinski definition) is 0. The lowest BCUT2D eigenvalue weighted by atomic mass is 10.1. The number of anilines is 1. The van der Waals surface area contributed by atoms with E-state index in [-0.39, 0.29) is 5.91 Å². The molecule has 0 aliphatic carbocycles. The van der Waals surface area contributed by atoms with E-state index >= 15 is 0 Å². The molecule has 0 saturated carbocycles. The van der Waals surface area contributed by atoms with E-state index in [9.17, 15) is 4.79 Å². The first-order valence-corrected chi connectivity index (χ1v) is 10.2. The Balaban J connectivity index is 1.89. The fourth-order valence-electron chi connectivity index (χ4n) is 3.04. The van der Waals surface area contributed by atoms with Crippen LogP contribution in [0.2, 0.25) is 0 Å². The van der Waals surface area contributed by atoms with Gasteiger partial charge in [0.15, 0.2) is 11.5 Å². The third kappa shape index (κ3) is 4.01. The fourth-order valence-corrected chi connectivity index (χ4v) is 4.61. The number of hydrogen-bond acceptors (Lipinski definition) is 4. The molecule has 26 heavy (non-hydrogen) atoms. The molecule has 2 aromatic carbocycles. The highest BCUT2D eigenvalue weighted by atomic mass is 79.9. The minimum Gasteiger partial charge on any atom is -0.493 e. The number of ether oxygens (including phenoxy) is 2. The highest BCUT2D eigenvalue weighted by Gasteiger charge is 2.25. The van der Waals surface area contributed by atoms with E-state index in [0.717, 1.165) is 33.6 Å². The molecule has 0 radical (unpaired) electrons. The van der Waals surface area contributed by atoms with Gasteiger partial charge in [-0.15, -0.1) is 11.8 Å². The predicted octanol–water partition coefficient (Wildman–Crippen LogP) is 4.93. The molecule has 0 bridgehead atoms. The summed E-state index contributed by atoms with van der Waals surface area (Å²) in [5, 5.41) is 0.488. The number of carbonyl (C=O) groups excluding carboxylic acids is 1. The van der Waals surface area contributed by atoms with Crippen LogP contribution >= 0.6 is 27.7 Å². The second-order valence-electron chi connectivity index (χ2n) is 6.21. The lowest BCUT2D eigenvalue weighted by molar-refractivity contribution is -0.118. The summed E-state index contributed by atoms with van der Waals surface area (Å²) < 4.78 is 11.5. The van der Waals surface area contributed by atoms with E-state index in [1.54, 1.807) is 14.2 Å². The zero-order valence-electron chi connectivity index (χ0n) is 15.1. The number of halogens is 1. The monoisotopic (exact) mass is 435 g/mol. The Labute approximate surface area is 167 Å². The molecular formula is C20H22BrNO3S. The molecule has 3 rings (SSSR count). The largest absolute Gasteiger partial charge is 0.493 e. The molecule has 0 aromatic heterocycles. The van der Waals surface area contributed by atoms with Gasteiger partial charge in [0.25, 0.3) is 0 Å². The summed E-state index contributed by atoms with van der Waals surface area (Å²) in [4.78, 5) is 16.2. The maximum atomic E-state index is 13.1. The van der Waals surface area contributed by atoms with Gasteiger partial charge in [-0.05, 0) is 36.2 Å². The molecule has 1 aliphatic heterocycles. The van der Waals surface area contributed by atoms with Crippen molar-refractivity contribution in [3.05, 3.63) is 46.4 Å². The van der Waals surface area contributed by atoms with Crippen LogP contribution in [0.3, 0.4) is 0 Å². The maximum Gasteiger partial charge on any atom is 0.231 e. The van der Waals surface area contributed by atoms with Gasteiger partial charge in [0.1, 0.15) is 0 Å². The van der Waals surface area contributed by atoms with Gasteiger partial charge in [-0.2, -0.15) is 0 Å². The van der Waals surface area contributed by atoms with Crippen LogP contribution in [-0.2, 0) is 11.2 Å². The zero-order chi connectivity index (χ0) is 18.7. The standard InChI is InChI=1S/C20H22BrNO3S/c1-13-8-9-22(16-6-4-5-7-19(16)26-13)20(23)11-14-10-17(24-2)18(25-3)12-15(14)21/h4-7,10,12-13H,8-9,11H2,1-3H3. The summed E-state index contributed by atoms with van der Waals surface area (Å²) in [6.45, 7) is 2.94. The van der Waals surface area contributed by atoms with Crippen molar-refractivity contribution >= 4 is 39.3 Å². The molecule has 4 nitrogen and oxygen atoms in total. The number of fused-ring (bicyclic) bond motifs is 1. The van der Waals surface area contributed by atoms with E-state index in [2.05, 4.69) is 28.9 Å². The van der Waals surface area contributed by atoms with Gasteiger partial charge in [-0.1, -0.05) is 35.0 Å². The van der Waals surface area contributed by atoms with Crippen molar-refractivity contribution in [3.63, 3.8) is 0 Å². The quantitative estimate of drug-likeness (QED) is 0.682. The van der Waals surface area contributed by atoms with Crippen molar-refractivity contribution in [2.45, 2.75) is 29.9 Å². The number of thioether (sulfide) groups is 1. The summed E-state index contributed by atoms with van der Waals surface area (Å²) in [7, 11) is 3.20. The first-order valence-electron chi connectivity index (χ1n) is 8.50. The molecule has 1 aliphatic rings. The van der Waals surface area contributed by atoms with Gasteiger partial charge in [0.05, 0.1) is 26.3 Å². The molecule has 0 saturated heterocycles. The molecule has 6 heteroatoms. The highest BCUT2D eigenvalue weighted by Crippen LogP contribution is 2.38. The van der Waals surface area contributed by atoms with E-state index < -0.39 is 0 Å². The van der Waals surface area contributed by atoms with Crippen molar-refractivity contribution in [2.24, 2.45) is 0 Å². The smallest absolute Gasteiger partial charge is 0.231 e. The Morgan fingerprint density at radius 2 is 1.92 bits per heavy atom. The molecule has 1 amide bonds. The molecule has 1 heterocycles. The zero-order valence-corrected chi connectivity index (χ0v) is 17.5. The SMILES string of the molecule is COc1cc(Br)c(CC(=O)N2CCC(C)Sc3ccccc32)cc1OC. The number of amides is 1. The van der Waals surface area contributed by atoms with Crippen LogP contribution in [0.25, 0.3) is 0 Å². The second-order valence-corrected chi connectivity index (χ2v) is 8.54. The number of carbonyl (C=O) groups is 1. The van der Waals surface area contributed by atoms with Gasteiger partial charge >= 0.3 is 0 Å².